The second kappa shape index (κ2) is 5.60. The van der Waals surface area contributed by atoms with Crippen molar-refractivity contribution in [1.29, 1.82) is 0 Å². The number of amides is 1. The van der Waals surface area contributed by atoms with Gasteiger partial charge < -0.3 is 10.0 Å². The Morgan fingerprint density at radius 1 is 1.39 bits per heavy atom. The van der Waals surface area contributed by atoms with Gasteiger partial charge in [-0.15, -0.1) is 11.3 Å². The molecule has 2 heterocycles. The molecular weight excluding hydrogens is 317 g/mol. The summed E-state index contributed by atoms with van der Waals surface area (Å²) in [5, 5.41) is 9.87. The number of rotatable bonds is 2. The van der Waals surface area contributed by atoms with Crippen LogP contribution in [0.3, 0.4) is 0 Å². The molecule has 1 unspecified atom stereocenters. The van der Waals surface area contributed by atoms with E-state index in [1.807, 2.05) is 0 Å². The molecule has 0 spiro atoms. The number of thiophene rings is 1. The van der Waals surface area contributed by atoms with E-state index < -0.39 is 11.4 Å². The van der Waals surface area contributed by atoms with Crippen LogP contribution >= 0.6 is 11.3 Å². The van der Waals surface area contributed by atoms with Gasteiger partial charge in [0.05, 0.1) is 10.3 Å². The molecule has 1 amide bonds. The maximum atomic E-state index is 14.0. The number of benzene rings is 1. The number of likely N-dealkylation sites (tertiary alicyclic amines) is 1. The number of piperidine rings is 1. The van der Waals surface area contributed by atoms with E-state index in [2.05, 4.69) is 0 Å². The predicted octanol–water partition coefficient (Wildman–Crippen LogP) is 3.68. The van der Waals surface area contributed by atoms with Crippen molar-refractivity contribution in [2.75, 3.05) is 13.1 Å². The van der Waals surface area contributed by atoms with Crippen LogP contribution < -0.4 is 0 Å². The van der Waals surface area contributed by atoms with Crippen molar-refractivity contribution in [1.82, 2.24) is 4.90 Å². The summed E-state index contributed by atoms with van der Waals surface area (Å²) in [6, 6.07) is 4.81. The van der Waals surface area contributed by atoms with Gasteiger partial charge in [0, 0.05) is 23.2 Å². The minimum absolute atomic E-state index is 0.192. The second-order valence-electron chi connectivity index (χ2n) is 6.37. The van der Waals surface area contributed by atoms with E-state index >= 15 is 0 Å². The summed E-state index contributed by atoms with van der Waals surface area (Å²) in [6.45, 7) is 4.15. The third-order valence-electron chi connectivity index (χ3n) is 4.60. The van der Waals surface area contributed by atoms with Crippen LogP contribution in [0, 0.1) is 18.2 Å². The summed E-state index contributed by atoms with van der Waals surface area (Å²) in [7, 11) is 0. The first-order valence-electron chi connectivity index (χ1n) is 7.54. The Kier molecular flexibility index (Phi) is 3.88. The molecule has 2 aromatic rings. The average Bonchev–Trinajstić information content (AvgIpc) is 2.85. The molecule has 1 N–H and O–H groups in total. The first-order chi connectivity index (χ1) is 10.8. The molecule has 1 aliphatic rings. The van der Waals surface area contributed by atoms with Crippen molar-refractivity contribution in [2.24, 2.45) is 5.41 Å². The van der Waals surface area contributed by atoms with Crippen molar-refractivity contribution in [3.8, 4) is 0 Å². The van der Waals surface area contributed by atoms with Crippen molar-refractivity contribution < 1.29 is 19.1 Å². The average molecular weight is 335 g/mol. The maximum Gasteiger partial charge on any atom is 0.311 e. The van der Waals surface area contributed by atoms with Gasteiger partial charge in [-0.1, -0.05) is 6.07 Å². The topological polar surface area (TPSA) is 57.6 Å². The molecule has 1 aromatic carbocycles. The molecule has 1 atom stereocenters. The Morgan fingerprint density at radius 2 is 2.13 bits per heavy atom. The van der Waals surface area contributed by atoms with Crippen LogP contribution in [0.1, 0.15) is 35.0 Å². The van der Waals surface area contributed by atoms with Crippen LogP contribution in [0.2, 0.25) is 0 Å². The van der Waals surface area contributed by atoms with Gasteiger partial charge >= 0.3 is 5.97 Å². The monoisotopic (exact) mass is 335 g/mol. The number of hydrogen-bond acceptors (Lipinski definition) is 3. The molecule has 6 heteroatoms. The van der Waals surface area contributed by atoms with Gasteiger partial charge in [0.25, 0.3) is 5.91 Å². The van der Waals surface area contributed by atoms with Crippen LogP contribution in [0.15, 0.2) is 18.2 Å². The third-order valence-corrected chi connectivity index (χ3v) is 5.84. The number of halogens is 1. The summed E-state index contributed by atoms with van der Waals surface area (Å²) in [5.41, 5.74) is -0.278. The number of carbonyl (C=O) groups is 2. The largest absolute Gasteiger partial charge is 0.481 e. The zero-order valence-electron chi connectivity index (χ0n) is 13.1. The van der Waals surface area contributed by atoms with Crippen molar-refractivity contribution >= 4 is 33.3 Å². The van der Waals surface area contributed by atoms with Crippen LogP contribution in [0.5, 0.6) is 0 Å². The second-order valence-corrected chi connectivity index (χ2v) is 7.42. The van der Waals surface area contributed by atoms with Gasteiger partial charge in [0.2, 0.25) is 0 Å². The fraction of sp³-hybridized carbons (Fsp3) is 0.412. The van der Waals surface area contributed by atoms with E-state index in [-0.39, 0.29) is 18.3 Å². The molecule has 4 nitrogen and oxygen atoms in total. The number of aliphatic carboxylic acids is 1. The molecule has 1 aliphatic heterocycles. The molecule has 0 radical (unpaired) electrons. The van der Waals surface area contributed by atoms with Crippen molar-refractivity contribution in [3.63, 3.8) is 0 Å². The van der Waals surface area contributed by atoms with Gasteiger partial charge in [0.1, 0.15) is 5.82 Å². The van der Waals surface area contributed by atoms with E-state index in [0.717, 1.165) is 4.70 Å². The summed E-state index contributed by atoms with van der Waals surface area (Å²) < 4.78 is 14.7. The minimum Gasteiger partial charge on any atom is -0.481 e. The van der Waals surface area contributed by atoms with Gasteiger partial charge in [-0.3, -0.25) is 9.59 Å². The Bertz CT molecular complexity index is 800. The standard InChI is InChI=1S/C17H18FNO3S/c1-10-13-11(18)5-3-6-12(13)23-14(10)15(20)19-8-4-7-17(2,9-19)16(21)22/h3,5-6H,4,7-9H2,1-2H3,(H,21,22). The highest BCUT2D eigenvalue weighted by molar-refractivity contribution is 7.21. The molecule has 0 aliphatic carbocycles. The number of carboxylic acids is 1. The van der Waals surface area contributed by atoms with E-state index in [4.69, 9.17) is 0 Å². The van der Waals surface area contributed by atoms with Crippen LogP contribution in [-0.2, 0) is 4.79 Å². The number of carboxylic acid groups (broad SMARTS) is 1. The summed E-state index contributed by atoms with van der Waals surface area (Å²) in [5.74, 6) is -1.41. The van der Waals surface area contributed by atoms with Crippen molar-refractivity contribution in [2.45, 2.75) is 26.7 Å². The molecule has 0 bridgehead atoms. The van der Waals surface area contributed by atoms with Crippen LogP contribution in [0.4, 0.5) is 4.39 Å². The smallest absolute Gasteiger partial charge is 0.311 e. The molecule has 3 rings (SSSR count). The fourth-order valence-electron chi connectivity index (χ4n) is 3.19. The van der Waals surface area contributed by atoms with Gasteiger partial charge in [-0.2, -0.15) is 0 Å². The zero-order valence-corrected chi connectivity index (χ0v) is 13.9. The summed E-state index contributed by atoms with van der Waals surface area (Å²) in [6.07, 6.45) is 1.22. The number of aryl methyl sites for hydroxylation is 1. The zero-order chi connectivity index (χ0) is 16.8. The summed E-state index contributed by atoms with van der Waals surface area (Å²) in [4.78, 5) is 26.4. The Hall–Kier alpha value is -1.95. The normalized spacial score (nSPS) is 21.6. The Balaban J connectivity index is 1.96. The predicted molar refractivity (Wildman–Crippen MR) is 87.4 cm³/mol. The van der Waals surface area contributed by atoms with Crippen LogP contribution in [0.25, 0.3) is 10.1 Å². The highest BCUT2D eigenvalue weighted by Gasteiger charge is 2.40. The highest BCUT2D eigenvalue weighted by Crippen LogP contribution is 2.36. The quantitative estimate of drug-likeness (QED) is 0.911. The van der Waals surface area contributed by atoms with E-state index in [9.17, 15) is 19.1 Å². The van der Waals surface area contributed by atoms with E-state index in [1.165, 1.54) is 17.4 Å². The molecular formula is C17H18FNO3S. The SMILES string of the molecule is Cc1c(C(=O)N2CCCC(C)(C(=O)O)C2)sc2cccc(F)c12. The number of hydrogen-bond donors (Lipinski definition) is 1. The van der Waals surface area contributed by atoms with Gasteiger partial charge in [-0.05, 0) is 44.4 Å². The highest BCUT2D eigenvalue weighted by atomic mass is 32.1. The Labute approximate surface area is 137 Å². The molecule has 1 fully saturated rings. The minimum atomic E-state index is -0.913. The van der Waals surface area contributed by atoms with E-state index in [1.54, 1.807) is 30.9 Å². The molecule has 23 heavy (non-hydrogen) atoms. The van der Waals surface area contributed by atoms with Crippen LogP contribution in [-0.4, -0.2) is 35.0 Å². The van der Waals surface area contributed by atoms with E-state index in [0.29, 0.717) is 35.2 Å². The molecule has 1 aromatic heterocycles. The van der Waals surface area contributed by atoms with Crippen molar-refractivity contribution in [3.05, 3.63) is 34.5 Å². The first kappa shape index (κ1) is 15.9. The molecule has 1 saturated heterocycles. The lowest BCUT2D eigenvalue weighted by Gasteiger charge is -2.37. The first-order valence-corrected chi connectivity index (χ1v) is 8.35. The molecule has 0 saturated carbocycles. The van der Waals surface area contributed by atoms with Gasteiger partial charge in [0.15, 0.2) is 0 Å². The fourth-order valence-corrected chi connectivity index (χ4v) is 4.38. The lowest BCUT2D eigenvalue weighted by atomic mass is 9.82. The summed E-state index contributed by atoms with van der Waals surface area (Å²) >= 11 is 1.27. The number of carbonyl (C=O) groups excluding carboxylic acids is 1. The van der Waals surface area contributed by atoms with Gasteiger partial charge in [-0.25, -0.2) is 4.39 Å². The lowest BCUT2D eigenvalue weighted by Crippen LogP contribution is -2.48. The number of fused-ring (bicyclic) bond motifs is 1. The third kappa shape index (κ3) is 2.61. The molecule has 122 valence electrons. The number of nitrogens with zero attached hydrogens (tertiary/aromatic N) is 1. The maximum absolute atomic E-state index is 14.0. The lowest BCUT2D eigenvalue weighted by molar-refractivity contribution is -0.150. The Morgan fingerprint density at radius 3 is 2.78 bits per heavy atom.